The summed E-state index contributed by atoms with van der Waals surface area (Å²) < 4.78 is 32.1. The molecule has 0 aliphatic heterocycles. The van der Waals surface area contributed by atoms with E-state index in [1.165, 1.54) is 35.4 Å². The molecule has 0 bridgehead atoms. The Kier molecular flexibility index (Phi) is 26.2. The average molecular weight is 1190 g/mol. The van der Waals surface area contributed by atoms with Gasteiger partial charge in [-0.1, -0.05) is 134 Å². The fourth-order valence-electron chi connectivity index (χ4n) is 10.2. The second-order valence-corrected chi connectivity index (χ2v) is 22.2. The van der Waals surface area contributed by atoms with Crippen LogP contribution in [0.5, 0.6) is 0 Å². The van der Waals surface area contributed by atoms with E-state index in [-0.39, 0.29) is 17.5 Å². The van der Waals surface area contributed by atoms with Crippen LogP contribution >= 0.6 is 34.8 Å². The number of aliphatic carboxylic acids is 1. The van der Waals surface area contributed by atoms with E-state index in [1.54, 1.807) is 54.5 Å². The van der Waals surface area contributed by atoms with Crippen LogP contribution in [0.1, 0.15) is 114 Å². The molecule has 0 atom stereocenters. The van der Waals surface area contributed by atoms with Crippen molar-refractivity contribution in [1.82, 2.24) is 38.9 Å². The van der Waals surface area contributed by atoms with Gasteiger partial charge < -0.3 is 34.8 Å². The Labute approximate surface area is 501 Å². The van der Waals surface area contributed by atoms with Gasteiger partial charge in [-0.2, -0.15) is 0 Å². The number of imidazole rings is 3. The Bertz CT molecular complexity index is 3190. The number of hydrogen-bond acceptors (Lipinski definition) is 8. The third kappa shape index (κ3) is 19.8. The summed E-state index contributed by atoms with van der Waals surface area (Å²) in [6.45, 7) is 3.46. The van der Waals surface area contributed by atoms with Crippen LogP contribution in [0.25, 0.3) is 0 Å². The quantitative estimate of drug-likeness (QED) is 0.0594. The summed E-state index contributed by atoms with van der Waals surface area (Å²) in [7, 11) is 5.72. The van der Waals surface area contributed by atoms with E-state index >= 15 is 0 Å². The van der Waals surface area contributed by atoms with Crippen molar-refractivity contribution >= 4 is 53.0 Å². The molecule has 4 N–H and O–H groups in total. The molecule has 2 fully saturated rings. The Morgan fingerprint density at radius 3 is 1.42 bits per heavy atom. The van der Waals surface area contributed by atoms with Crippen LogP contribution in [0.3, 0.4) is 0 Å². The lowest BCUT2D eigenvalue weighted by Crippen LogP contribution is -2.48. The Balaban J connectivity index is 0.000000183. The third-order valence-electron chi connectivity index (χ3n) is 15.2. The van der Waals surface area contributed by atoms with Crippen molar-refractivity contribution < 1.29 is 28.3 Å². The summed E-state index contributed by atoms with van der Waals surface area (Å²) in [5, 5.41) is 15.1. The number of benzene rings is 5. The van der Waals surface area contributed by atoms with Crippen molar-refractivity contribution in [3.05, 3.63) is 231 Å². The summed E-state index contributed by atoms with van der Waals surface area (Å²) in [5.74, 6) is 1.10. The van der Waals surface area contributed by atoms with Gasteiger partial charge in [-0.3, -0.25) is 14.4 Å². The van der Waals surface area contributed by atoms with Crippen LogP contribution in [-0.2, 0) is 73.9 Å². The number of aldehydes is 1. The predicted molar refractivity (Wildman–Crippen MR) is 327 cm³/mol. The molecular formula is C65H76Cl3F2N9O4. The SMILES string of the molecule is Cn1ccnc1C=O.Cn1ccnc1CN(CCc1ccc(Cl)cc1)C(=O)C1(c2ccc(F)cc2)CCCCC1.Cn1ccnc1CNCCc1ccc(Cl)cc1.NCCc1ccc(Cl)cc1.O=C(O)C1(c2ccc(F)cc2)CCCCC1. The number of nitrogens with zero attached hydrogens (tertiary/aromatic N) is 7. The van der Waals surface area contributed by atoms with Crippen LogP contribution in [-0.4, -0.2) is 76.5 Å². The molecular weight excluding hydrogens is 1120 g/mol. The van der Waals surface area contributed by atoms with E-state index in [4.69, 9.17) is 40.5 Å². The van der Waals surface area contributed by atoms with Gasteiger partial charge in [0.1, 0.15) is 23.3 Å². The molecule has 440 valence electrons. The number of carboxylic acid groups (broad SMARTS) is 1. The number of carboxylic acids is 1. The van der Waals surface area contributed by atoms with E-state index in [1.807, 2.05) is 107 Å². The molecule has 0 spiro atoms. The van der Waals surface area contributed by atoms with Crippen LogP contribution in [0.4, 0.5) is 8.78 Å². The zero-order valence-electron chi connectivity index (χ0n) is 47.6. The van der Waals surface area contributed by atoms with E-state index in [9.17, 15) is 28.3 Å². The smallest absolute Gasteiger partial charge is 0.314 e. The molecule has 1 amide bonds. The number of amides is 1. The highest BCUT2D eigenvalue weighted by molar-refractivity contribution is 6.31. The first-order chi connectivity index (χ1) is 40.0. The number of hydrogen-bond donors (Lipinski definition) is 3. The number of carbonyl (C=O) groups is 3. The van der Waals surface area contributed by atoms with Gasteiger partial charge in [0.15, 0.2) is 12.1 Å². The summed E-state index contributed by atoms with van der Waals surface area (Å²) in [4.78, 5) is 50.0. The number of carbonyl (C=O) groups excluding carboxylic acids is 2. The number of rotatable bonds is 17. The lowest BCUT2D eigenvalue weighted by atomic mass is 9.68. The van der Waals surface area contributed by atoms with Crippen molar-refractivity contribution in [1.29, 1.82) is 0 Å². The minimum atomic E-state index is -0.786. The Hall–Kier alpha value is -7.01. The largest absolute Gasteiger partial charge is 0.481 e. The maximum Gasteiger partial charge on any atom is 0.314 e. The van der Waals surface area contributed by atoms with E-state index in [2.05, 4.69) is 32.4 Å². The van der Waals surface area contributed by atoms with Gasteiger partial charge in [-0.05, 0) is 147 Å². The monoisotopic (exact) mass is 1190 g/mol. The first-order valence-electron chi connectivity index (χ1n) is 28.1. The van der Waals surface area contributed by atoms with E-state index in [0.29, 0.717) is 43.3 Å². The first-order valence-corrected chi connectivity index (χ1v) is 29.2. The average Bonchev–Trinajstić information content (AvgIpc) is 4.43. The molecule has 2 aliphatic rings. The molecule has 18 heteroatoms. The van der Waals surface area contributed by atoms with Gasteiger partial charge >= 0.3 is 5.97 Å². The maximum absolute atomic E-state index is 14.2. The van der Waals surface area contributed by atoms with E-state index < -0.39 is 16.8 Å². The molecule has 0 saturated heterocycles. The third-order valence-corrected chi connectivity index (χ3v) is 15.9. The summed E-state index contributed by atoms with van der Waals surface area (Å²) in [6.07, 6.45) is 23.1. The van der Waals surface area contributed by atoms with Crippen molar-refractivity contribution in [3.8, 4) is 0 Å². The number of aryl methyl sites for hydroxylation is 3. The molecule has 2 aliphatic carbocycles. The van der Waals surface area contributed by atoms with Gasteiger partial charge in [0, 0.05) is 79.9 Å². The second kappa shape index (κ2) is 33.3. The van der Waals surface area contributed by atoms with Gasteiger partial charge in [-0.15, -0.1) is 0 Å². The predicted octanol–water partition coefficient (Wildman–Crippen LogP) is 13.3. The van der Waals surface area contributed by atoms with Gasteiger partial charge in [0.05, 0.1) is 23.9 Å². The van der Waals surface area contributed by atoms with Crippen molar-refractivity contribution in [3.63, 3.8) is 0 Å². The summed E-state index contributed by atoms with van der Waals surface area (Å²) in [5.41, 5.74) is 9.29. The molecule has 5 aromatic carbocycles. The molecule has 3 aromatic heterocycles. The van der Waals surface area contributed by atoms with Crippen LogP contribution < -0.4 is 11.1 Å². The molecule has 8 aromatic rings. The maximum atomic E-state index is 14.2. The van der Waals surface area contributed by atoms with Crippen LogP contribution in [0.15, 0.2) is 159 Å². The topological polar surface area (TPSA) is 166 Å². The summed E-state index contributed by atoms with van der Waals surface area (Å²) >= 11 is 17.5. The van der Waals surface area contributed by atoms with Crippen molar-refractivity contribution in [2.45, 2.75) is 107 Å². The number of halogens is 5. The summed E-state index contributed by atoms with van der Waals surface area (Å²) in [6, 6.07) is 35.9. The van der Waals surface area contributed by atoms with E-state index in [0.717, 1.165) is 128 Å². The number of nitrogens with two attached hydrogens (primary N) is 1. The molecule has 13 nitrogen and oxygen atoms in total. The van der Waals surface area contributed by atoms with Crippen LogP contribution in [0, 0.1) is 11.6 Å². The van der Waals surface area contributed by atoms with Crippen molar-refractivity contribution in [2.75, 3.05) is 19.6 Å². The minimum Gasteiger partial charge on any atom is -0.481 e. The zero-order chi connectivity index (χ0) is 59.6. The molecule has 10 rings (SSSR count). The van der Waals surface area contributed by atoms with Gasteiger partial charge in [-0.25, -0.2) is 23.7 Å². The van der Waals surface area contributed by atoms with Gasteiger partial charge in [0.2, 0.25) is 5.91 Å². The highest BCUT2D eigenvalue weighted by Gasteiger charge is 2.44. The molecule has 0 unspecified atom stereocenters. The van der Waals surface area contributed by atoms with Crippen molar-refractivity contribution in [2.24, 2.45) is 26.9 Å². The van der Waals surface area contributed by atoms with Gasteiger partial charge in [0.25, 0.3) is 0 Å². The molecule has 2 saturated carbocycles. The number of aromatic nitrogens is 6. The fraction of sp³-hybridized carbons (Fsp3) is 0.354. The minimum absolute atomic E-state index is 0.112. The fourth-order valence-corrected chi connectivity index (χ4v) is 10.6. The lowest BCUT2D eigenvalue weighted by Gasteiger charge is -2.40. The standard InChI is InChI=1S/C26H29ClFN3O.C13H16ClN3.C13H15FO2.C8H10ClN.C5H6N2O/c1-30-18-16-29-24(30)19-31(17-13-20-5-9-22(27)10-6-20)25(32)26(14-3-2-4-15-26)21-7-11-23(28)12-8-21;1-17-9-8-16-13(17)10-15-7-6-11-2-4-12(14)5-3-11;14-11-6-4-10(5-7-11)13(12(15)16)8-2-1-3-9-13;9-8-3-1-7(2-4-8)5-6-10;1-7-3-2-6-5(7)4-8/h5-12,16,18H,2-4,13-15,17,19H2,1H3;2-5,8-9,15H,6-7,10H2,1H3;4-7H,1-3,8-9H2,(H,15,16);1-4H,5-6,10H2;2-4H,1H3. The molecule has 83 heavy (non-hydrogen) atoms. The highest BCUT2D eigenvalue weighted by atomic mass is 35.5. The zero-order valence-corrected chi connectivity index (χ0v) is 49.9. The Morgan fingerprint density at radius 2 is 1.01 bits per heavy atom. The van der Waals surface area contributed by atoms with Crippen LogP contribution in [0.2, 0.25) is 15.1 Å². The molecule has 3 heterocycles. The lowest BCUT2D eigenvalue weighted by molar-refractivity contribution is -0.145. The first kappa shape index (κ1) is 65.1. The molecule has 0 radical (unpaired) electrons. The second-order valence-electron chi connectivity index (χ2n) is 20.8. The highest BCUT2D eigenvalue weighted by Crippen LogP contribution is 2.42. The Morgan fingerprint density at radius 1 is 0.590 bits per heavy atom. The normalized spacial score (nSPS) is 13.9. The number of nitrogens with one attached hydrogen (secondary N) is 1.